The Hall–Kier alpha value is 0.270. The van der Waals surface area contributed by atoms with Crippen LogP contribution in [0.3, 0.4) is 0 Å². The third kappa shape index (κ3) is 2.16. The van der Waals surface area contributed by atoms with Crippen LogP contribution in [0.5, 0.6) is 0 Å². The Morgan fingerprint density at radius 1 is 1.56 bits per heavy atom. The van der Waals surface area contributed by atoms with Crippen molar-refractivity contribution in [3.63, 3.8) is 0 Å². The number of rotatable bonds is 1. The van der Waals surface area contributed by atoms with Gasteiger partial charge in [-0.25, -0.2) is 0 Å². The van der Waals surface area contributed by atoms with Crippen molar-refractivity contribution in [2.24, 2.45) is 0 Å². The minimum absolute atomic E-state index is 0.0959. The van der Waals surface area contributed by atoms with E-state index in [9.17, 15) is 0 Å². The van der Waals surface area contributed by atoms with Gasteiger partial charge in [-0.05, 0) is 12.8 Å². The van der Waals surface area contributed by atoms with Gasteiger partial charge in [0.15, 0.2) is 0 Å². The van der Waals surface area contributed by atoms with Gasteiger partial charge >= 0.3 is 0 Å². The number of hydrogen-bond donors (Lipinski definition) is 1. The molecule has 0 spiro atoms. The Balaban J connectivity index is 2.18. The summed E-state index contributed by atoms with van der Waals surface area (Å²) in [6.45, 7) is 0. The van der Waals surface area contributed by atoms with Gasteiger partial charge in [-0.3, -0.25) is 0 Å². The van der Waals surface area contributed by atoms with Gasteiger partial charge in [0.05, 0.1) is 6.10 Å². The molecule has 1 rings (SSSR count). The van der Waals surface area contributed by atoms with Crippen molar-refractivity contribution >= 4 is 11.8 Å². The van der Waals surface area contributed by atoms with Crippen LogP contribution in [0.4, 0.5) is 0 Å². The fraction of sp³-hybridized carbons (Fsp3) is 1.00. The zero-order chi connectivity index (χ0) is 6.69. The third-order valence-corrected chi connectivity index (χ3v) is 2.85. The van der Waals surface area contributed by atoms with Crippen LogP contribution in [0, 0.1) is 0 Å². The second-order valence-corrected chi connectivity index (χ2v) is 3.42. The number of ether oxygens (including phenoxy) is 1. The van der Waals surface area contributed by atoms with Crippen LogP contribution < -0.4 is 0 Å². The van der Waals surface area contributed by atoms with Crippen molar-refractivity contribution in [2.45, 2.75) is 24.4 Å². The van der Waals surface area contributed by atoms with E-state index in [2.05, 4.69) is 0 Å². The summed E-state index contributed by atoms with van der Waals surface area (Å²) in [5.74, 6) is 0.832. The molecule has 1 saturated heterocycles. The van der Waals surface area contributed by atoms with Crippen LogP contribution in [0.2, 0.25) is 0 Å². The number of thioether (sulfide) groups is 1. The molecule has 0 radical (unpaired) electrons. The zero-order valence-electron chi connectivity index (χ0n) is 5.54. The first-order valence-electron chi connectivity index (χ1n) is 3.15. The van der Waals surface area contributed by atoms with Crippen LogP contribution in [0.15, 0.2) is 0 Å². The van der Waals surface area contributed by atoms with E-state index in [4.69, 9.17) is 9.84 Å². The maximum absolute atomic E-state index is 9.05. The standard InChI is InChI=1S/C6H12O2S/c1-8-6-3-2-5(7)4-9-6/h5-7H,2-4H2,1H3. The lowest BCUT2D eigenvalue weighted by Crippen LogP contribution is -2.22. The molecule has 0 amide bonds. The van der Waals surface area contributed by atoms with Crippen LogP contribution in [-0.2, 0) is 4.74 Å². The van der Waals surface area contributed by atoms with Gasteiger partial charge in [-0.15, -0.1) is 11.8 Å². The normalized spacial score (nSPS) is 36.7. The zero-order valence-corrected chi connectivity index (χ0v) is 6.36. The minimum Gasteiger partial charge on any atom is -0.392 e. The summed E-state index contributed by atoms with van der Waals surface area (Å²) in [5, 5.41) is 9.05. The molecule has 0 saturated carbocycles. The molecular weight excluding hydrogens is 136 g/mol. The van der Waals surface area contributed by atoms with E-state index >= 15 is 0 Å². The Morgan fingerprint density at radius 3 is 2.78 bits per heavy atom. The van der Waals surface area contributed by atoms with Crippen LogP contribution in [0.1, 0.15) is 12.8 Å². The largest absolute Gasteiger partial charge is 0.392 e. The van der Waals surface area contributed by atoms with E-state index in [1.165, 1.54) is 0 Å². The maximum Gasteiger partial charge on any atom is 0.103 e. The van der Waals surface area contributed by atoms with Crippen molar-refractivity contribution < 1.29 is 9.84 Å². The van der Waals surface area contributed by atoms with Gasteiger partial charge in [-0.2, -0.15) is 0 Å². The highest BCUT2D eigenvalue weighted by molar-refractivity contribution is 7.99. The van der Waals surface area contributed by atoms with Gasteiger partial charge in [0, 0.05) is 12.9 Å². The molecule has 1 N–H and O–H groups in total. The quantitative estimate of drug-likeness (QED) is 0.597. The molecule has 2 atom stereocenters. The predicted molar refractivity (Wildman–Crippen MR) is 38.5 cm³/mol. The van der Waals surface area contributed by atoms with E-state index in [-0.39, 0.29) is 6.10 Å². The molecule has 0 bridgehead atoms. The molecule has 0 aromatic rings. The summed E-state index contributed by atoms with van der Waals surface area (Å²) in [6, 6.07) is 0. The van der Waals surface area contributed by atoms with E-state index in [1.54, 1.807) is 18.9 Å². The number of methoxy groups -OCH3 is 1. The van der Waals surface area contributed by atoms with Crippen molar-refractivity contribution in [1.82, 2.24) is 0 Å². The number of aliphatic hydroxyl groups is 1. The minimum atomic E-state index is -0.0959. The van der Waals surface area contributed by atoms with E-state index < -0.39 is 0 Å². The highest BCUT2D eigenvalue weighted by Gasteiger charge is 2.18. The Labute approximate surface area is 59.6 Å². The molecular formula is C6H12O2S. The molecule has 0 aromatic heterocycles. The fourth-order valence-corrected chi connectivity index (χ4v) is 1.94. The third-order valence-electron chi connectivity index (χ3n) is 1.47. The fourth-order valence-electron chi connectivity index (χ4n) is 0.899. The average Bonchev–Trinajstić information content (AvgIpc) is 1.90. The average molecular weight is 148 g/mol. The molecule has 1 heterocycles. The SMILES string of the molecule is COC1CCC(O)CS1. The first-order chi connectivity index (χ1) is 4.33. The molecule has 1 aliphatic rings. The lowest BCUT2D eigenvalue weighted by Gasteiger charge is -2.23. The molecule has 3 heteroatoms. The van der Waals surface area contributed by atoms with E-state index in [0.717, 1.165) is 18.6 Å². The topological polar surface area (TPSA) is 29.5 Å². The lowest BCUT2D eigenvalue weighted by molar-refractivity contribution is 0.120. The summed E-state index contributed by atoms with van der Waals surface area (Å²) in [5.41, 5.74) is 0.327. The van der Waals surface area contributed by atoms with Crippen LogP contribution in [0.25, 0.3) is 0 Å². The lowest BCUT2D eigenvalue weighted by atomic mass is 10.2. The summed E-state index contributed by atoms with van der Waals surface area (Å²) < 4.78 is 5.09. The molecule has 2 nitrogen and oxygen atoms in total. The monoisotopic (exact) mass is 148 g/mol. The summed E-state index contributed by atoms with van der Waals surface area (Å²) in [7, 11) is 1.72. The van der Waals surface area contributed by atoms with Gasteiger partial charge in [0.1, 0.15) is 5.44 Å². The Kier molecular flexibility index (Phi) is 2.82. The molecule has 54 valence electrons. The molecule has 0 aromatic carbocycles. The van der Waals surface area contributed by atoms with Gasteiger partial charge in [0.25, 0.3) is 0 Å². The van der Waals surface area contributed by atoms with Crippen molar-refractivity contribution in [3.05, 3.63) is 0 Å². The van der Waals surface area contributed by atoms with Gasteiger partial charge in [-0.1, -0.05) is 0 Å². The smallest absolute Gasteiger partial charge is 0.103 e. The van der Waals surface area contributed by atoms with E-state index in [1.807, 2.05) is 0 Å². The summed E-state index contributed by atoms with van der Waals surface area (Å²) >= 11 is 1.70. The second-order valence-electron chi connectivity index (χ2n) is 2.23. The molecule has 1 aliphatic heterocycles. The summed E-state index contributed by atoms with van der Waals surface area (Å²) in [4.78, 5) is 0. The highest BCUT2D eigenvalue weighted by atomic mass is 32.2. The summed E-state index contributed by atoms with van der Waals surface area (Å²) in [6.07, 6.45) is 1.79. The Bertz CT molecular complexity index is 79.1. The van der Waals surface area contributed by atoms with E-state index in [0.29, 0.717) is 5.44 Å². The first kappa shape index (κ1) is 7.38. The predicted octanol–water partition coefficient (Wildman–Crippen LogP) is 0.847. The number of aliphatic hydroxyl groups excluding tert-OH is 1. The van der Waals surface area contributed by atoms with Crippen molar-refractivity contribution in [2.75, 3.05) is 12.9 Å². The van der Waals surface area contributed by atoms with Crippen LogP contribution in [-0.4, -0.2) is 29.5 Å². The molecule has 1 fully saturated rings. The number of hydrogen-bond acceptors (Lipinski definition) is 3. The molecule has 9 heavy (non-hydrogen) atoms. The van der Waals surface area contributed by atoms with Gasteiger partial charge < -0.3 is 9.84 Å². The van der Waals surface area contributed by atoms with Crippen molar-refractivity contribution in [3.8, 4) is 0 Å². The Morgan fingerprint density at radius 2 is 2.33 bits per heavy atom. The second kappa shape index (κ2) is 3.44. The first-order valence-corrected chi connectivity index (χ1v) is 4.20. The van der Waals surface area contributed by atoms with Gasteiger partial charge in [0.2, 0.25) is 0 Å². The van der Waals surface area contributed by atoms with Crippen LogP contribution >= 0.6 is 11.8 Å². The molecule has 0 aliphatic carbocycles. The molecule has 2 unspecified atom stereocenters. The maximum atomic E-state index is 9.05. The van der Waals surface area contributed by atoms with Crippen molar-refractivity contribution in [1.29, 1.82) is 0 Å². The highest BCUT2D eigenvalue weighted by Crippen LogP contribution is 2.25.